The van der Waals surface area contributed by atoms with E-state index in [2.05, 4.69) is 15.3 Å². The summed E-state index contributed by atoms with van der Waals surface area (Å²) in [6.45, 7) is 1.81. The lowest BCUT2D eigenvalue weighted by Gasteiger charge is -2.09. The van der Waals surface area contributed by atoms with Crippen LogP contribution in [0.1, 0.15) is 12.0 Å². The van der Waals surface area contributed by atoms with E-state index in [9.17, 15) is 4.79 Å². The Morgan fingerprint density at radius 3 is 2.62 bits per heavy atom. The molecule has 0 spiro atoms. The van der Waals surface area contributed by atoms with Crippen molar-refractivity contribution >= 4 is 22.5 Å². The first-order chi connectivity index (χ1) is 14.3. The van der Waals surface area contributed by atoms with E-state index in [1.807, 2.05) is 48.5 Å². The average molecular weight is 406 g/mol. The normalized spacial score (nSPS) is 16.5. The van der Waals surface area contributed by atoms with Crippen LogP contribution >= 0.6 is 11.8 Å². The van der Waals surface area contributed by atoms with E-state index in [0.29, 0.717) is 46.0 Å². The predicted octanol–water partition coefficient (Wildman–Crippen LogP) is 3.38. The molecule has 0 amide bonds. The lowest BCUT2D eigenvalue weighted by molar-refractivity contribution is 0.199. The molecule has 1 fully saturated rings. The van der Waals surface area contributed by atoms with Crippen molar-refractivity contribution in [2.75, 3.05) is 13.2 Å². The molecule has 1 aliphatic rings. The summed E-state index contributed by atoms with van der Waals surface area (Å²) in [7, 11) is 0. The van der Waals surface area contributed by atoms with Crippen LogP contribution < -0.4 is 5.56 Å². The Morgan fingerprint density at radius 2 is 1.83 bits per heavy atom. The average Bonchev–Trinajstić information content (AvgIpc) is 3.44. The zero-order valence-electron chi connectivity index (χ0n) is 15.5. The Morgan fingerprint density at radius 1 is 1.03 bits per heavy atom. The Hall–Kier alpha value is -2.97. The standard InChI is InChI=1S/C21H18N4O3S/c26-20-17-9-5-4-8-16(17)18(24-25(20)12-14-6-2-1-3-7-14)19-22-23-21(28-19)29-15-10-11-27-13-15/h1-9,15H,10-13H2. The van der Waals surface area contributed by atoms with Crippen LogP contribution in [0.3, 0.4) is 0 Å². The highest BCUT2D eigenvalue weighted by molar-refractivity contribution is 7.99. The van der Waals surface area contributed by atoms with Crippen molar-refractivity contribution in [2.24, 2.45) is 0 Å². The molecule has 2 aromatic carbocycles. The summed E-state index contributed by atoms with van der Waals surface area (Å²) in [6, 6.07) is 17.1. The molecule has 146 valence electrons. The Kier molecular flexibility index (Phi) is 4.87. The number of thioether (sulfide) groups is 1. The number of fused-ring (bicyclic) bond motifs is 1. The minimum Gasteiger partial charge on any atom is -0.409 e. The molecule has 4 aromatic rings. The molecule has 0 bridgehead atoms. The second-order valence-electron chi connectivity index (χ2n) is 6.82. The molecule has 1 atom stereocenters. The van der Waals surface area contributed by atoms with Gasteiger partial charge in [-0.1, -0.05) is 60.3 Å². The molecule has 1 aliphatic heterocycles. The maximum atomic E-state index is 13.0. The van der Waals surface area contributed by atoms with Crippen molar-refractivity contribution < 1.29 is 9.15 Å². The van der Waals surface area contributed by atoms with Crippen LogP contribution in [0, 0.1) is 0 Å². The van der Waals surface area contributed by atoms with E-state index in [1.165, 1.54) is 16.4 Å². The third-order valence-electron chi connectivity index (χ3n) is 4.81. The van der Waals surface area contributed by atoms with E-state index >= 15 is 0 Å². The zero-order chi connectivity index (χ0) is 19.6. The number of aromatic nitrogens is 4. The SMILES string of the molecule is O=c1c2ccccc2c(-c2nnc(SC3CCOC3)o2)nn1Cc1ccccc1. The third-order valence-corrected chi connectivity index (χ3v) is 5.88. The fraction of sp³-hybridized carbons (Fsp3) is 0.238. The monoisotopic (exact) mass is 406 g/mol. The fourth-order valence-electron chi connectivity index (χ4n) is 3.36. The van der Waals surface area contributed by atoms with E-state index in [0.717, 1.165) is 18.6 Å². The summed E-state index contributed by atoms with van der Waals surface area (Å²) in [5, 5.41) is 15.0. The summed E-state index contributed by atoms with van der Waals surface area (Å²) in [6.07, 6.45) is 0.964. The first-order valence-electron chi connectivity index (χ1n) is 9.40. The highest BCUT2D eigenvalue weighted by Crippen LogP contribution is 2.31. The van der Waals surface area contributed by atoms with Gasteiger partial charge in [0.2, 0.25) is 0 Å². The molecule has 29 heavy (non-hydrogen) atoms. The minimum absolute atomic E-state index is 0.148. The van der Waals surface area contributed by atoms with Crippen LogP contribution in [0.25, 0.3) is 22.4 Å². The number of hydrogen-bond donors (Lipinski definition) is 0. The van der Waals surface area contributed by atoms with Gasteiger partial charge in [-0.2, -0.15) is 5.10 Å². The zero-order valence-corrected chi connectivity index (χ0v) is 16.3. The van der Waals surface area contributed by atoms with Gasteiger partial charge < -0.3 is 9.15 Å². The van der Waals surface area contributed by atoms with Crippen LogP contribution in [0.15, 0.2) is 69.0 Å². The van der Waals surface area contributed by atoms with Gasteiger partial charge >= 0.3 is 0 Å². The number of ether oxygens (including phenoxy) is 1. The van der Waals surface area contributed by atoms with E-state index in [-0.39, 0.29) is 5.56 Å². The molecule has 0 aliphatic carbocycles. The predicted molar refractivity (Wildman–Crippen MR) is 110 cm³/mol. The van der Waals surface area contributed by atoms with Gasteiger partial charge in [0.15, 0.2) is 5.69 Å². The quantitative estimate of drug-likeness (QED) is 0.502. The molecule has 1 saturated heterocycles. The van der Waals surface area contributed by atoms with Gasteiger partial charge in [-0.15, -0.1) is 10.2 Å². The molecular formula is C21H18N4O3S. The van der Waals surface area contributed by atoms with E-state index < -0.39 is 0 Å². The van der Waals surface area contributed by atoms with Gasteiger partial charge in [-0.25, -0.2) is 4.68 Å². The van der Waals surface area contributed by atoms with Crippen molar-refractivity contribution in [3.05, 3.63) is 70.5 Å². The lowest BCUT2D eigenvalue weighted by Crippen LogP contribution is -2.24. The van der Waals surface area contributed by atoms with E-state index in [1.54, 1.807) is 6.07 Å². The van der Waals surface area contributed by atoms with Crippen molar-refractivity contribution in [3.63, 3.8) is 0 Å². The molecule has 3 heterocycles. The first kappa shape index (κ1) is 18.1. The molecule has 1 unspecified atom stereocenters. The maximum Gasteiger partial charge on any atom is 0.277 e. The van der Waals surface area contributed by atoms with Gasteiger partial charge in [0.25, 0.3) is 16.7 Å². The summed E-state index contributed by atoms with van der Waals surface area (Å²) in [5.74, 6) is 0.310. The van der Waals surface area contributed by atoms with Crippen LogP contribution in [0.5, 0.6) is 0 Å². The molecular weight excluding hydrogens is 388 g/mol. The summed E-state index contributed by atoms with van der Waals surface area (Å²) >= 11 is 1.52. The van der Waals surface area contributed by atoms with Gasteiger partial charge in [0.1, 0.15) is 0 Å². The molecule has 0 radical (unpaired) electrons. The van der Waals surface area contributed by atoms with Crippen LogP contribution in [0.2, 0.25) is 0 Å². The molecule has 2 aromatic heterocycles. The number of nitrogens with zero attached hydrogens (tertiary/aromatic N) is 4. The van der Waals surface area contributed by atoms with Crippen LogP contribution in [0.4, 0.5) is 0 Å². The summed E-state index contributed by atoms with van der Waals surface area (Å²) in [4.78, 5) is 13.0. The second-order valence-corrected chi connectivity index (χ2v) is 8.07. The third kappa shape index (κ3) is 3.68. The van der Waals surface area contributed by atoms with Crippen molar-refractivity contribution in [3.8, 4) is 11.6 Å². The highest BCUT2D eigenvalue weighted by Gasteiger charge is 2.22. The molecule has 0 saturated carbocycles. The summed E-state index contributed by atoms with van der Waals surface area (Å²) in [5.41, 5.74) is 1.36. The topological polar surface area (TPSA) is 83.0 Å². The Bertz CT molecular complexity index is 1200. The van der Waals surface area contributed by atoms with Gasteiger partial charge in [-0.05, 0) is 18.1 Å². The van der Waals surface area contributed by atoms with E-state index in [4.69, 9.17) is 9.15 Å². The smallest absolute Gasteiger partial charge is 0.277 e. The van der Waals surface area contributed by atoms with Crippen LogP contribution in [-0.4, -0.2) is 38.4 Å². The van der Waals surface area contributed by atoms with Crippen LogP contribution in [-0.2, 0) is 11.3 Å². The first-order valence-corrected chi connectivity index (χ1v) is 10.3. The molecule has 0 N–H and O–H groups in total. The van der Waals surface area contributed by atoms with Crippen molar-refractivity contribution in [2.45, 2.75) is 23.4 Å². The molecule has 8 heteroatoms. The Labute approximate surface area is 170 Å². The van der Waals surface area contributed by atoms with Gasteiger partial charge in [0.05, 0.1) is 18.5 Å². The van der Waals surface area contributed by atoms with Gasteiger partial charge in [0, 0.05) is 17.2 Å². The minimum atomic E-state index is -0.148. The largest absolute Gasteiger partial charge is 0.409 e. The lowest BCUT2D eigenvalue weighted by atomic mass is 10.1. The molecule has 5 rings (SSSR count). The fourth-order valence-corrected chi connectivity index (χ4v) is 4.24. The number of hydrogen-bond acceptors (Lipinski definition) is 7. The van der Waals surface area contributed by atoms with Gasteiger partial charge in [-0.3, -0.25) is 4.79 Å². The number of rotatable bonds is 5. The van der Waals surface area contributed by atoms with Crippen molar-refractivity contribution in [1.29, 1.82) is 0 Å². The highest BCUT2D eigenvalue weighted by atomic mass is 32.2. The molecule has 7 nitrogen and oxygen atoms in total. The Balaban J connectivity index is 1.57. The second kappa shape index (κ2) is 7.81. The summed E-state index contributed by atoms with van der Waals surface area (Å²) < 4.78 is 12.7. The number of benzene rings is 2. The van der Waals surface area contributed by atoms with Crippen molar-refractivity contribution in [1.82, 2.24) is 20.0 Å². The maximum absolute atomic E-state index is 13.0.